The standard InChI is InChI=1S/C16H20N6O2.H2/c1-4-8-22-16(23)13-15(17-7-9-21(22)2)20-14(19-13)12-6-5-11(24-3)10-18-12;/h5-7,9-10,17H,4,8H2,1-3H3,(H,19,20);1H. The highest BCUT2D eigenvalue weighted by molar-refractivity contribution is 5.73. The predicted molar refractivity (Wildman–Crippen MR) is 93.5 cm³/mol. The van der Waals surface area contributed by atoms with E-state index < -0.39 is 0 Å². The molecule has 0 fully saturated rings. The lowest BCUT2D eigenvalue weighted by Crippen LogP contribution is -2.26. The Bertz CT molecular complexity index is 949. The molecule has 0 aliphatic heterocycles. The topological polar surface area (TPSA) is 93.5 Å². The van der Waals surface area contributed by atoms with E-state index in [9.17, 15) is 4.79 Å². The fraction of sp³-hybridized carbons (Fsp3) is 0.312. The second-order valence-electron chi connectivity index (χ2n) is 5.35. The van der Waals surface area contributed by atoms with Crippen molar-refractivity contribution in [1.82, 2.24) is 29.3 Å². The Balaban J connectivity index is 0.00000225. The molecule has 0 bridgehead atoms. The smallest absolute Gasteiger partial charge is 0.292 e. The lowest BCUT2D eigenvalue weighted by Gasteiger charge is -2.08. The van der Waals surface area contributed by atoms with Crippen LogP contribution in [0.5, 0.6) is 5.75 Å². The van der Waals surface area contributed by atoms with Crippen molar-refractivity contribution >= 4 is 11.2 Å². The first-order valence-corrected chi connectivity index (χ1v) is 7.72. The molecular weight excluding hydrogens is 308 g/mol. The zero-order valence-corrected chi connectivity index (χ0v) is 13.9. The van der Waals surface area contributed by atoms with Crippen molar-refractivity contribution in [3.8, 4) is 17.3 Å². The van der Waals surface area contributed by atoms with Crippen LogP contribution in [0.2, 0.25) is 0 Å². The summed E-state index contributed by atoms with van der Waals surface area (Å²) in [5.74, 6) is 1.19. The molecule has 24 heavy (non-hydrogen) atoms. The number of methoxy groups -OCH3 is 1. The monoisotopic (exact) mass is 330 g/mol. The molecule has 0 saturated heterocycles. The first-order valence-electron chi connectivity index (χ1n) is 7.72. The Hall–Kier alpha value is -3.03. The van der Waals surface area contributed by atoms with Crippen LogP contribution in [0.3, 0.4) is 0 Å². The van der Waals surface area contributed by atoms with Crippen LogP contribution < -0.4 is 10.3 Å². The third kappa shape index (κ3) is 2.90. The number of H-pyrrole nitrogens is 2. The van der Waals surface area contributed by atoms with Gasteiger partial charge in [0.2, 0.25) is 0 Å². The van der Waals surface area contributed by atoms with E-state index in [1.165, 1.54) is 0 Å². The van der Waals surface area contributed by atoms with Crippen molar-refractivity contribution in [1.29, 1.82) is 0 Å². The van der Waals surface area contributed by atoms with Gasteiger partial charge in [0.25, 0.3) is 5.56 Å². The number of ether oxygens (including phenoxy) is 1. The molecule has 2 N–H and O–H groups in total. The Morgan fingerprint density at radius 3 is 2.88 bits per heavy atom. The summed E-state index contributed by atoms with van der Waals surface area (Å²) in [7, 11) is 3.42. The van der Waals surface area contributed by atoms with E-state index >= 15 is 0 Å². The third-order valence-corrected chi connectivity index (χ3v) is 3.69. The molecule has 3 aromatic heterocycles. The first-order chi connectivity index (χ1) is 11.6. The molecule has 3 heterocycles. The number of nitrogens with one attached hydrogen (secondary N) is 2. The zero-order chi connectivity index (χ0) is 17.1. The van der Waals surface area contributed by atoms with Gasteiger partial charge in [0.1, 0.15) is 11.4 Å². The molecule has 0 spiro atoms. The summed E-state index contributed by atoms with van der Waals surface area (Å²) in [6, 6.07) is 3.59. The van der Waals surface area contributed by atoms with Crippen LogP contribution in [0.1, 0.15) is 14.8 Å². The van der Waals surface area contributed by atoms with Crippen molar-refractivity contribution in [2.45, 2.75) is 19.9 Å². The fourth-order valence-electron chi connectivity index (χ4n) is 2.44. The van der Waals surface area contributed by atoms with Gasteiger partial charge in [-0.2, -0.15) is 0 Å². The molecule has 0 aliphatic carbocycles. The van der Waals surface area contributed by atoms with Gasteiger partial charge in [-0.1, -0.05) is 6.92 Å². The van der Waals surface area contributed by atoms with E-state index in [4.69, 9.17) is 4.74 Å². The minimum absolute atomic E-state index is 0. The number of fused-ring (bicyclic) bond motifs is 1. The predicted octanol–water partition coefficient (Wildman–Crippen LogP) is 2.24. The van der Waals surface area contributed by atoms with Crippen LogP contribution in [0.15, 0.2) is 35.5 Å². The van der Waals surface area contributed by atoms with Crippen molar-refractivity contribution in [3.05, 3.63) is 41.1 Å². The zero-order valence-electron chi connectivity index (χ0n) is 13.9. The quantitative estimate of drug-likeness (QED) is 0.767. The van der Waals surface area contributed by atoms with Gasteiger partial charge in [0.05, 0.1) is 13.3 Å². The van der Waals surface area contributed by atoms with E-state index in [0.717, 1.165) is 6.42 Å². The van der Waals surface area contributed by atoms with Crippen LogP contribution in [0, 0.1) is 0 Å². The van der Waals surface area contributed by atoms with Gasteiger partial charge < -0.3 is 14.7 Å². The summed E-state index contributed by atoms with van der Waals surface area (Å²) in [5.41, 5.74) is 1.39. The molecule has 0 unspecified atom stereocenters. The lowest BCUT2D eigenvalue weighted by atomic mass is 10.3. The Kier molecular flexibility index (Phi) is 4.37. The summed E-state index contributed by atoms with van der Waals surface area (Å²) in [4.78, 5) is 27.7. The first kappa shape index (κ1) is 15.9. The highest BCUT2D eigenvalue weighted by Crippen LogP contribution is 2.17. The molecule has 0 radical (unpaired) electrons. The minimum atomic E-state index is -0.140. The number of hydrogen-bond acceptors (Lipinski definition) is 4. The van der Waals surface area contributed by atoms with Gasteiger partial charge in [-0.15, -0.1) is 0 Å². The SMILES string of the molecule is CCCn1c(=O)c2[nH]c(-c3ccc(OC)cn3)nc2[nH]ccn1C.[HH]. The molecular formula is C16H22N6O2. The van der Waals surface area contributed by atoms with Crippen molar-refractivity contribution in [3.63, 3.8) is 0 Å². The van der Waals surface area contributed by atoms with Crippen LogP contribution >= 0.6 is 0 Å². The highest BCUT2D eigenvalue weighted by Gasteiger charge is 2.10. The largest absolute Gasteiger partial charge is 0.495 e. The molecule has 0 atom stereocenters. The maximum atomic E-state index is 12.8. The molecule has 3 rings (SSSR count). The maximum Gasteiger partial charge on any atom is 0.292 e. The Morgan fingerprint density at radius 2 is 2.21 bits per heavy atom. The number of imidazole rings is 1. The number of aryl methyl sites for hydroxylation is 1. The van der Waals surface area contributed by atoms with Gasteiger partial charge in [0.15, 0.2) is 17.0 Å². The van der Waals surface area contributed by atoms with Crippen LogP contribution in [0.25, 0.3) is 22.7 Å². The van der Waals surface area contributed by atoms with Crippen LogP contribution in [0.4, 0.5) is 0 Å². The van der Waals surface area contributed by atoms with Gasteiger partial charge in [-0.05, 0) is 18.6 Å². The van der Waals surface area contributed by atoms with Gasteiger partial charge >= 0.3 is 0 Å². The van der Waals surface area contributed by atoms with Gasteiger partial charge in [-0.3, -0.25) is 9.48 Å². The number of aromatic amines is 2. The average molecular weight is 330 g/mol. The van der Waals surface area contributed by atoms with Crippen LogP contribution in [-0.2, 0) is 13.6 Å². The summed E-state index contributed by atoms with van der Waals surface area (Å²) in [6.07, 6.45) is 6.01. The van der Waals surface area contributed by atoms with E-state index in [1.807, 2.05) is 14.0 Å². The van der Waals surface area contributed by atoms with E-state index in [1.54, 1.807) is 47.2 Å². The Labute approximate surface area is 139 Å². The Morgan fingerprint density at radius 1 is 1.38 bits per heavy atom. The molecule has 0 aromatic carbocycles. The van der Waals surface area contributed by atoms with E-state index in [2.05, 4.69) is 19.9 Å². The number of rotatable bonds is 4. The minimum Gasteiger partial charge on any atom is -0.495 e. The normalized spacial score (nSPS) is 10.8. The summed E-state index contributed by atoms with van der Waals surface area (Å²) >= 11 is 0. The molecule has 8 heteroatoms. The van der Waals surface area contributed by atoms with Crippen molar-refractivity contribution in [2.24, 2.45) is 7.05 Å². The fourth-order valence-corrected chi connectivity index (χ4v) is 2.44. The van der Waals surface area contributed by atoms with Gasteiger partial charge in [-0.25, -0.2) is 14.6 Å². The average Bonchev–Trinajstić information content (AvgIpc) is 3.02. The lowest BCUT2D eigenvalue weighted by molar-refractivity contribution is 0.413. The second kappa shape index (κ2) is 6.61. The molecule has 0 saturated carbocycles. The van der Waals surface area contributed by atoms with Crippen molar-refractivity contribution in [2.75, 3.05) is 7.11 Å². The number of nitrogens with zero attached hydrogens (tertiary/aromatic N) is 4. The molecule has 8 nitrogen and oxygen atoms in total. The molecule has 0 amide bonds. The number of hydrogen-bond donors (Lipinski definition) is 2. The molecule has 3 aromatic rings. The van der Waals surface area contributed by atoms with E-state index in [0.29, 0.717) is 35.0 Å². The van der Waals surface area contributed by atoms with Crippen LogP contribution in [-0.4, -0.2) is 36.4 Å². The summed E-state index contributed by atoms with van der Waals surface area (Å²) in [6.45, 7) is 2.65. The molecule has 0 aliphatic rings. The summed E-state index contributed by atoms with van der Waals surface area (Å²) < 4.78 is 8.53. The number of aromatic nitrogens is 6. The third-order valence-electron chi connectivity index (χ3n) is 3.69. The second-order valence-corrected chi connectivity index (χ2v) is 5.35. The van der Waals surface area contributed by atoms with Crippen molar-refractivity contribution < 1.29 is 6.16 Å². The van der Waals surface area contributed by atoms with E-state index in [-0.39, 0.29) is 6.99 Å². The molecule has 128 valence electrons. The summed E-state index contributed by atoms with van der Waals surface area (Å²) in [5, 5.41) is 0. The number of pyridine rings is 1. The highest BCUT2D eigenvalue weighted by atomic mass is 16.5. The maximum absolute atomic E-state index is 12.8. The van der Waals surface area contributed by atoms with Gasteiger partial charge in [0, 0.05) is 27.4 Å².